The molecule has 0 aromatic heterocycles. The van der Waals surface area contributed by atoms with E-state index in [-0.39, 0.29) is 5.41 Å². The third kappa shape index (κ3) is 3.42. The molecule has 0 amide bonds. The van der Waals surface area contributed by atoms with Crippen molar-refractivity contribution in [3.8, 4) is 44.9 Å². The minimum atomic E-state index is -0.426. The van der Waals surface area contributed by atoms with Gasteiger partial charge in [-0.1, -0.05) is 158 Å². The fourth-order valence-electron chi connectivity index (χ4n) is 9.61. The van der Waals surface area contributed by atoms with Crippen molar-refractivity contribution >= 4 is 10.8 Å². The lowest BCUT2D eigenvalue weighted by Gasteiger charge is -2.38. The van der Waals surface area contributed by atoms with E-state index in [0.29, 0.717) is 0 Å². The number of fused-ring (bicyclic) bond motifs is 14. The zero-order chi connectivity index (χ0) is 33.0. The van der Waals surface area contributed by atoms with Crippen LogP contribution in [0.15, 0.2) is 176 Å². The van der Waals surface area contributed by atoms with Gasteiger partial charge in [0.25, 0.3) is 0 Å². The molecule has 3 aliphatic rings. The van der Waals surface area contributed by atoms with E-state index in [0.717, 1.165) is 17.1 Å². The average molecular weight is 637 g/mol. The molecule has 0 N–H and O–H groups in total. The highest BCUT2D eigenvalue weighted by atomic mass is 16.5. The van der Waals surface area contributed by atoms with Gasteiger partial charge >= 0.3 is 0 Å². The van der Waals surface area contributed by atoms with Crippen LogP contribution in [-0.2, 0) is 10.8 Å². The lowest BCUT2D eigenvalue weighted by atomic mass is 9.68. The molecule has 1 heteroatoms. The smallest absolute Gasteiger partial charge is 0.132 e. The summed E-state index contributed by atoms with van der Waals surface area (Å²) in [6.07, 6.45) is 0. The third-order valence-electron chi connectivity index (χ3n) is 11.8. The van der Waals surface area contributed by atoms with E-state index < -0.39 is 5.41 Å². The van der Waals surface area contributed by atoms with Crippen LogP contribution in [0.5, 0.6) is 11.5 Å². The molecule has 1 aliphatic heterocycles. The van der Waals surface area contributed by atoms with Gasteiger partial charge in [-0.25, -0.2) is 0 Å². The first-order valence-corrected chi connectivity index (χ1v) is 17.5. The SMILES string of the molecule is CC1(c2ccccc2)c2ccccc2Oc2cc(-c3ccc4c(c3)C3(c5ccccc5-c5ccccc53)c3c-4ccc4ccccc34)ccc21. The topological polar surface area (TPSA) is 9.23 Å². The Balaban J connectivity index is 1.16. The van der Waals surface area contributed by atoms with Crippen LogP contribution in [0, 0.1) is 0 Å². The Morgan fingerprint density at radius 3 is 1.78 bits per heavy atom. The Bertz CT molecular complexity index is 2660. The summed E-state index contributed by atoms with van der Waals surface area (Å²) in [5, 5.41) is 2.59. The van der Waals surface area contributed by atoms with Crippen LogP contribution in [-0.4, -0.2) is 0 Å². The average Bonchev–Trinajstić information content (AvgIpc) is 3.65. The minimum absolute atomic E-state index is 0.341. The maximum atomic E-state index is 6.73. The third-order valence-corrected chi connectivity index (χ3v) is 11.8. The largest absolute Gasteiger partial charge is 0.457 e. The monoisotopic (exact) mass is 636 g/mol. The van der Waals surface area contributed by atoms with Gasteiger partial charge in [0, 0.05) is 16.5 Å². The Hall–Kier alpha value is -6.18. The number of benzene rings is 8. The predicted molar refractivity (Wildman–Crippen MR) is 204 cm³/mol. The number of hydrogen-bond donors (Lipinski definition) is 0. The molecule has 1 heterocycles. The molecule has 1 spiro atoms. The first kappa shape index (κ1) is 27.7. The lowest BCUT2D eigenvalue weighted by Crippen LogP contribution is -2.29. The number of hydrogen-bond acceptors (Lipinski definition) is 1. The molecule has 11 rings (SSSR count). The van der Waals surface area contributed by atoms with Gasteiger partial charge in [-0.15, -0.1) is 0 Å². The fourth-order valence-corrected chi connectivity index (χ4v) is 9.61. The van der Waals surface area contributed by atoms with Crippen molar-refractivity contribution in [3.05, 3.63) is 215 Å². The first-order valence-electron chi connectivity index (χ1n) is 17.5. The first-order chi connectivity index (χ1) is 24.7. The maximum absolute atomic E-state index is 6.73. The lowest BCUT2D eigenvalue weighted by molar-refractivity contribution is 0.427. The van der Waals surface area contributed by atoms with Crippen LogP contribution in [0.3, 0.4) is 0 Å². The Kier molecular flexibility index (Phi) is 5.51. The second-order valence-electron chi connectivity index (χ2n) is 14.1. The Labute approximate surface area is 292 Å². The normalized spacial score (nSPS) is 16.9. The van der Waals surface area contributed by atoms with Crippen LogP contribution in [0.4, 0.5) is 0 Å². The van der Waals surface area contributed by atoms with Crippen LogP contribution in [0.1, 0.15) is 45.9 Å². The number of rotatable bonds is 2. The molecule has 1 nitrogen and oxygen atoms in total. The molecule has 8 aromatic rings. The second-order valence-corrected chi connectivity index (χ2v) is 14.1. The molecule has 0 saturated carbocycles. The number of para-hydroxylation sites is 1. The van der Waals surface area contributed by atoms with Crippen LogP contribution in [0.25, 0.3) is 44.2 Å². The van der Waals surface area contributed by atoms with Gasteiger partial charge in [-0.05, 0) is 97.1 Å². The predicted octanol–water partition coefficient (Wildman–Crippen LogP) is 12.3. The maximum Gasteiger partial charge on any atom is 0.132 e. The summed E-state index contributed by atoms with van der Waals surface area (Å²) in [5.41, 5.74) is 15.9. The Morgan fingerprint density at radius 2 is 0.980 bits per heavy atom. The van der Waals surface area contributed by atoms with Crippen molar-refractivity contribution in [2.24, 2.45) is 0 Å². The molecule has 0 bridgehead atoms. The van der Waals surface area contributed by atoms with Crippen molar-refractivity contribution in [2.45, 2.75) is 17.8 Å². The molecule has 50 heavy (non-hydrogen) atoms. The van der Waals surface area contributed by atoms with Gasteiger partial charge in [-0.3, -0.25) is 0 Å². The molecule has 1 unspecified atom stereocenters. The van der Waals surface area contributed by atoms with Crippen LogP contribution >= 0.6 is 0 Å². The quantitative estimate of drug-likeness (QED) is 0.183. The van der Waals surface area contributed by atoms with Gasteiger partial charge < -0.3 is 4.74 Å². The van der Waals surface area contributed by atoms with E-state index in [9.17, 15) is 0 Å². The van der Waals surface area contributed by atoms with Gasteiger partial charge in [0.15, 0.2) is 0 Å². The molecular weight excluding hydrogens is 605 g/mol. The minimum Gasteiger partial charge on any atom is -0.457 e. The van der Waals surface area contributed by atoms with Crippen molar-refractivity contribution < 1.29 is 4.74 Å². The highest BCUT2D eigenvalue weighted by Crippen LogP contribution is 2.64. The van der Waals surface area contributed by atoms with E-state index in [2.05, 4.69) is 183 Å². The zero-order valence-corrected chi connectivity index (χ0v) is 27.7. The van der Waals surface area contributed by atoms with Crippen LogP contribution < -0.4 is 4.74 Å². The summed E-state index contributed by atoms with van der Waals surface area (Å²) in [5.74, 6) is 1.83. The standard InChI is InChI=1S/C49H32O/c1-48(34-14-3-2-4-15-34)42-21-11-12-22-45(42)50-46-30-33(25-28-43(46)48)32-24-26-38-39-27-23-31-13-5-6-16-35(31)47(39)49(44(38)29-32)40-19-9-7-17-36(40)37-18-8-10-20-41(37)49/h2-30H,1H3. The van der Waals surface area contributed by atoms with Crippen LogP contribution in [0.2, 0.25) is 0 Å². The second kappa shape index (κ2) is 9.94. The van der Waals surface area contributed by atoms with E-state index in [4.69, 9.17) is 4.74 Å². The van der Waals surface area contributed by atoms with E-state index in [1.807, 2.05) is 0 Å². The molecule has 0 fully saturated rings. The van der Waals surface area contributed by atoms with Crippen molar-refractivity contribution in [3.63, 3.8) is 0 Å². The zero-order valence-electron chi connectivity index (χ0n) is 27.7. The van der Waals surface area contributed by atoms with E-state index >= 15 is 0 Å². The Morgan fingerprint density at radius 1 is 0.400 bits per heavy atom. The van der Waals surface area contributed by atoms with Gasteiger partial charge in [-0.2, -0.15) is 0 Å². The van der Waals surface area contributed by atoms with E-state index in [1.165, 1.54) is 77.5 Å². The molecule has 0 saturated heterocycles. The summed E-state index contributed by atoms with van der Waals surface area (Å²) in [7, 11) is 0. The fraction of sp³-hybridized carbons (Fsp3) is 0.0612. The number of ether oxygens (including phenoxy) is 1. The van der Waals surface area contributed by atoms with Gasteiger partial charge in [0.2, 0.25) is 0 Å². The molecule has 8 aromatic carbocycles. The van der Waals surface area contributed by atoms with Gasteiger partial charge in [0.05, 0.1) is 5.41 Å². The summed E-state index contributed by atoms with van der Waals surface area (Å²) >= 11 is 0. The van der Waals surface area contributed by atoms with E-state index in [1.54, 1.807) is 0 Å². The van der Waals surface area contributed by atoms with Crippen molar-refractivity contribution in [1.82, 2.24) is 0 Å². The van der Waals surface area contributed by atoms with Crippen molar-refractivity contribution in [2.75, 3.05) is 0 Å². The molecular formula is C49H32O. The van der Waals surface area contributed by atoms with Crippen molar-refractivity contribution in [1.29, 1.82) is 0 Å². The summed E-state index contributed by atoms with van der Waals surface area (Å²) < 4.78 is 6.73. The van der Waals surface area contributed by atoms with Gasteiger partial charge in [0.1, 0.15) is 11.5 Å². The highest BCUT2D eigenvalue weighted by molar-refractivity contribution is 6.04. The highest BCUT2D eigenvalue weighted by Gasteiger charge is 2.52. The summed E-state index contributed by atoms with van der Waals surface area (Å²) in [6.45, 7) is 2.33. The molecule has 2 aliphatic carbocycles. The molecule has 234 valence electrons. The summed E-state index contributed by atoms with van der Waals surface area (Å²) in [4.78, 5) is 0. The molecule has 1 atom stereocenters. The summed E-state index contributed by atoms with van der Waals surface area (Å²) in [6, 6.07) is 64.9. The molecule has 0 radical (unpaired) electrons.